The lowest BCUT2D eigenvalue weighted by molar-refractivity contribution is 0.0523. The maximum atomic E-state index is 13.1. The summed E-state index contributed by atoms with van der Waals surface area (Å²) in [6.45, 7) is 1.94. The van der Waals surface area contributed by atoms with Gasteiger partial charge in [0.05, 0.1) is 12.1 Å². The average molecular weight is 346 g/mol. The summed E-state index contributed by atoms with van der Waals surface area (Å²) in [6.07, 6.45) is 1.38. The number of pyridine rings is 1. The van der Waals surface area contributed by atoms with Crippen molar-refractivity contribution in [3.8, 4) is 11.5 Å². The summed E-state index contributed by atoms with van der Waals surface area (Å²) in [6, 6.07) is 10.6. The SMILES string of the molecule is CCOC(=O)c1cnc2cc(Cl)ccc2c1Oc1ccc(F)cc1. The second-order valence-electron chi connectivity index (χ2n) is 4.94. The molecule has 0 fully saturated rings. The van der Waals surface area contributed by atoms with Crippen LogP contribution < -0.4 is 4.74 Å². The lowest BCUT2D eigenvalue weighted by atomic mass is 10.1. The van der Waals surface area contributed by atoms with Crippen molar-refractivity contribution in [1.82, 2.24) is 4.98 Å². The smallest absolute Gasteiger partial charge is 0.343 e. The number of ether oxygens (including phenoxy) is 2. The number of carbonyl (C=O) groups is 1. The van der Waals surface area contributed by atoms with E-state index in [9.17, 15) is 9.18 Å². The summed E-state index contributed by atoms with van der Waals surface area (Å²) in [4.78, 5) is 16.4. The van der Waals surface area contributed by atoms with Gasteiger partial charge in [-0.1, -0.05) is 11.6 Å². The molecular weight excluding hydrogens is 333 g/mol. The van der Waals surface area contributed by atoms with Crippen molar-refractivity contribution in [3.63, 3.8) is 0 Å². The van der Waals surface area contributed by atoms with E-state index in [1.807, 2.05) is 0 Å². The van der Waals surface area contributed by atoms with Gasteiger partial charge in [-0.25, -0.2) is 9.18 Å². The first-order valence-corrected chi connectivity index (χ1v) is 7.65. The third-order valence-corrected chi connectivity index (χ3v) is 3.55. The molecule has 0 aliphatic heterocycles. The Labute approximate surface area is 142 Å². The summed E-state index contributed by atoms with van der Waals surface area (Å²) < 4.78 is 24.0. The monoisotopic (exact) mass is 345 g/mol. The molecule has 0 aliphatic carbocycles. The molecule has 3 aromatic rings. The van der Waals surface area contributed by atoms with Gasteiger partial charge in [-0.15, -0.1) is 0 Å². The van der Waals surface area contributed by atoms with Crippen LogP contribution in [-0.2, 0) is 4.74 Å². The average Bonchev–Trinajstić information content (AvgIpc) is 2.57. The molecule has 1 heterocycles. The van der Waals surface area contributed by atoms with Crippen molar-refractivity contribution in [2.75, 3.05) is 6.61 Å². The molecule has 0 spiro atoms. The van der Waals surface area contributed by atoms with Gasteiger partial charge in [0.15, 0.2) is 5.75 Å². The highest BCUT2D eigenvalue weighted by molar-refractivity contribution is 6.31. The first-order chi connectivity index (χ1) is 11.6. The fourth-order valence-corrected chi connectivity index (χ4v) is 2.39. The normalized spacial score (nSPS) is 10.6. The molecule has 3 rings (SSSR count). The Balaban J connectivity index is 2.14. The first-order valence-electron chi connectivity index (χ1n) is 7.27. The van der Waals surface area contributed by atoms with Gasteiger partial charge in [0, 0.05) is 16.6 Å². The van der Waals surface area contributed by atoms with Crippen LogP contribution in [0.1, 0.15) is 17.3 Å². The predicted molar refractivity (Wildman–Crippen MR) is 89.2 cm³/mol. The molecule has 0 amide bonds. The largest absolute Gasteiger partial charge is 0.462 e. The van der Waals surface area contributed by atoms with Gasteiger partial charge >= 0.3 is 5.97 Å². The minimum absolute atomic E-state index is 0.191. The van der Waals surface area contributed by atoms with E-state index in [-0.39, 0.29) is 18.0 Å². The van der Waals surface area contributed by atoms with Gasteiger partial charge in [0.2, 0.25) is 0 Å². The van der Waals surface area contributed by atoms with Gasteiger partial charge in [-0.3, -0.25) is 4.98 Å². The van der Waals surface area contributed by atoms with Crippen LogP contribution in [0, 0.1) is 5.82 Å². The summed E-state index contributed by atoms with van der Waals surface area (Å²) in [5.41, 5.74) is 0.767. The third kappa shape index (κ3) is 3.31. The Morgan fingerprint density at radius 2 is 1.96 bits per heavy atom. The number of halogens is 2. The summed E-state index contributed by atoms with van der Waals surface area (Å²) in [7, 11) is 0. The van der Waals surface area contributed by atoms with Crippen molar-refractivity contribution >= 4 is 28.5 Å². The summed E-state index contributed by atoms with van der Waals surface area (Å²) in [5.74, 6) is -0.232. The predicted octanol–water partition coefficient (Wildman–Crippen LogP) is 5.00. The highest BCUT2D eigenvalue weighted by Gasteiger charge is 2.19. The molecule has 0 N–H and O–H groups in total. The van der Waals surface area contributed by atoms with E-state index in [1.54, 1.807) is 25.1 Å². The van der Waals surface area contributed by atoms with E-state index in [0.29, 0.717) is 27.4 Å². The molecule has 6 heteroatoms. The van der Waals surface area contributed by atoms with Crippen LogP contribution in [-0.4, -0.2) is 17.6 Å². The Morgan fingerprint density at radius 3 is 2.67 bits per heavy atom. The Kier molecular flexibility index (Phi) is 4.62. The molecule has 0 aliphatic rings. The fraction of sp³-hybridized carbons (Fsp3) is 0.111. The Hall–Kier alpha value is -2.66. The number of rotatable bonds is 4. The second-order valence-corrected chi connectivity index (χ2v) is 5.38. The van der Waals surface area contributed by atoms with Crippen LogP contribution in [0.2, 0.25) is 5.02 Å². The van der Waals surface area contributed by atoms with E-state index < -0.39 is 5.97 Å². The Morgan fingerprint density at radius 1 is 1.21 bits per heavy atom. The number of esters is 1. The van der Waals surface area contributed by atoms with Gasteiger partial charge < -0.3 is 9.47 Å². The maximum absolute atomic E-state index is 13.1. The van der Waals surface area contributed by atoms with Crippen LogP contribution in [0.15, 0.2) is 48.7 Å². The number of aromatic nitrogens is 1. The molecule has 0 atom stereocenters. The number of fused-ring (bicyclic) bond motifs is 1. The van der Waals surface area contributed by atoms with Crippen molar-refractivity contribution in [3.05, 3.63) is 65.1 Å². The van der Waals surface area contributed by atoms with Crippen LogP contribution >= 0.6 is 11.6 Å². The molecule has 0 radical (unpaired) electrons. The van der Waals surface area contributed by atoms with Crippen LogP contribution in [0.4, 0.5) is 4.39 Å². The van der Waals surface area contributed by atoms with E-state index in [0.717, 1.165) is 0 Å². The zero-order chi connectivity index (χ0) is 17.1. The molecule has 0 bridgehead atoms. The van der Waals surface area contributed by atoms with E-state index in [1.165, 1.54) is 30.5 Å². The number of nitrogens with zero attached hydrogens (tertiary/aromatic N) is 1. The zero-order valence-electron chi connectivity index (χ0n) is 12.8. The zero-order valence-corrected chi connectivity index (χ0v) is 13.5. The maximum Gasteiger partial charge on any atom is 0.343 e. The van der Waals surface area contributed by atoms with Gasteiger partial charge in [-0.2, -0.15) is 0 Å². The van der Waals surface area contributed by atoms with Crippen molar-refractivity contribution < 1.29 is 18.7 Å². The standard InChI is InChI=1S/C18H13ClFNO3/c1-2-23-18(22)15-10-21-16-9-11(19)3-8-14(16)17(15)24-13-6-4-12(20)5-7-13/h3-10H,2H2,1H3. The number of hydrogen-bond donors (Lipinski definition) is 0. The fourth-order valence-electron chi connectivity index (χ4n) is 2.23. The van der Waals surface area contributed by atoms with Crippen molar-refractivity contribution in [2.24, 2.45) is 0 Å². The molecular formula is C18H13ClFNO3. The topological polar surface area (TPSA) is 48.4 Å². The Bertz CT molecular complexity index is 897. The molecule has 0 saturated heterocycles. The van der Waals surface area contributed by atoms with Gasteiger partial charge in [0.25, 0.3) is 0 Å². The lowest BCUT2D eigenvalue weighted by Crippen LogP contribution is -2.07. The van der Waals surface area contributed by atoms with Crippen LogP contribution in [0.25, 0.3) is 10.9 Å². The third-order valence-electron chi connectivity index (χ3n) is 3.31. The van der Waals surface area contributed by atoms with E-state index in [4.69, 9.17) is 21.1 Å². The van der Waals surface area contributed by atoms with Gasteiger partial charge in [-0.05, 0) is 49.4 Å². The second kappa shape index (κ2) is 6.84. The molecule has 1 aromatic heterocycles. The quantitative estimate of drug-likeness (QED) is 0.624. The van der Waals surface area contributed by atoms with E-state index in [2.05, 4.69) is 4.98 Å². The van der Waals surface area contributed by atoms with Gasteiger partial charge in [0.1, 0.15) is 17.1 Å². The number of benzene rings is 2. The number of carbonyl (C=O) groups excluding carboxylic acids is 1. The van der Waals surface area contributed by atoms with Crippen molar-refractivity contribution in [2.45, 2.75) is 6.92 Å². The highest BCUT2D eigenvalue weighted by atomic mass is 35.5. The minimum Gasteiger partial charge on any atom is -0.462 e. The van der Waals surface area contributed by atoms with Crippen LogP contribution in [0.5, 0.6) is 11.5 Å². The molecule has 24 heavy (non-hydrogen) atoms. The summed E-state index contributed by atoms with van der Waals surface area (Å²) in [5, 5.41) is 1.13. The van der Waals surface area contributed by atoms with E-state index >= 15 is 0 Å². The lowest BCUT2D eigenvalue weighted by Gasteiger charge is -2.13. The minimum atomic E-state index is -0.543. The molecule has 4 nitrogen and oxygen atoms in total. The molecule has 2 aromatic carbocycles. The highest BCUT2D eigenvalue weighted by Crippen LogP contribution is 2.34. The number of hydrogen-bond acceptors (Lipinski definition) is 4. The summed E-state index contributed by atoms with van der Waals surface area (Å²) >= 11 is 5.99. The molecule has 0 saturated carbocycles. The molecule has 122 valence electrons. The van der Waals surface area contributed by atoms with Crippen LogP contribution in [0.3, 0.4) is 0 Å². The molecule has 0 unspecified atom stereocenters. The first kappa shape index (κ1) is 16.2. The van der Waals surface area contributed by atoms with Crippen molar-refractivity contribution in [1.29, 1.82) is 0 Å².